The average Bonchev–Trinajstić information content (AvgIpc) is 3.19. The van der Waals surface area contributed by atoms with Crippen LogP contribution < -0.4 is 20.7 Å². The molecule has 1 amide bonds. The van der Waals surface area contributed by atoms with Crippen LogP contribution >= 0.6 is 0 Å². The fourth-order valence-electron chi connectivity index (χ4n) is 4.59. The number of aromatic amines is 1. The highest BCUT2D eigenvalue weighted by atomic mass is 19.1. The number of amides is 1. The molecule has 3 aromatic rings. The van der Waals surface area contributed by atoms with E-state index in [4.69, 9.17) is 4.74 Å². The van der Waals surface area contributed by atoms with Crippen LogP contribution in [0, 0.1) is 5.82 Å². The molecule has 0 bridgehead atoms. The Kier molecular flexibility index (Phi) is 4.82. The molecule has 4 N–H and O–H groups in total. The summed E-state index contributed by atoms with van der Waals surface area (Å²) < 4.78 is 19.6. The second-order valence-corrected chi connectivity index (χ2v) is 7.88. The molecule has 31 heavy (non-hydrogen) atoms. The normalized spacial score (nSPS) is 17.2. The number of methoxy groups -OCH3 is 1. The van der Waals surface area contributed by atoms with Gasteiger partial charge in [-0.25, -0.2) is 14.4 Å². The van der Waals surface area contributed by atoms with Gasteiger partial charge in [0.1, 0.15) is 6.33 Å². The van der Waals surface area contributed by atoms with Gasteiger partial charge in [0.15, 0.2) is 11.6 Å². The van der Waals surface area contributed by atoms with Crippen LogP contribution in [0.5, 0.6) is 5.75 Å². The van der Waals surface area contributed by atoms with E-state index in [2.05, 4.69) is 30.9 Å². The largest absolute Gasteiger partial charge is 0.492 e. The van der Waals surface area contributed by atoms with Crippen LogP contribution in [0.1, 0.15) is 28.9 Å². The Bertz CT molecular complexity index is 1120. The predicted molar refractivity (Wildman–Crippen MR) is 114 cm³/mol. The first-order valence-corrected chi connectivity index (χ1v) is 10.2. The molecule has 0 unspecified atom stereocenters. The summed E-state index contributed by atoms with van der Waals surface area (Å²) in [4.78, 5) is 25.0. The molecule has 2 aliphatic heterocycles. The molecule has 5 rings (SSSR count). The van der Waals surface area contributed by atoms with Crippen LogP contribution in [-0.4, -0.2) is 47.6 Å². The highest BCUT2D eigenvalue weighted by molar-refractivity contribution is 6.06. The van der Waals surface area contributed by atoms with Gasteiger partial charge in [0.05, 0.1) is 35.4 Å². The Morgan fingerprint density at radius 2 is 2.06 bits per heavy atom. The van der Waals surface area contributed by atoms with E-state index in [9.17, 15) is 9.18 Å². The molecule has 9 heteroatoms. The van der Waals surface area contributed by atoms with E-state index in [0.29, 0.717) is 34.9 Å². The lowest BCUT2D eigenvalue weighted by Gasteiger charge is -2.40. The van der Waals surface area contributed by atoms with E-state index in [1.54, 1.807) is 24.4 Å². The van der Waals surface area contributed by atoms with Crippen molar-refractivity contribution in [1.29, 1.82) is 0 Å². The lowest BCUT2D eigenvalue weighted by molar-refractivity contribution is 0.0914. The number of para-hydroxylation sites is 1. The second kappa shape index (κ2) is 7.66. The summed E-state index contributed by atoms with van der Waals surface area (Å²) in [5, 5.41) is 9.72. The van der Waals surface area contributed by atoms with E-state index in [1.807, 2.05) is 0 Å². The molecule has 0 atom stereocenters. The third-order valence-electron chi connectivity index (χ3n) is 6.17. The van der Waals surface area contributed by atoms with Crippen LogP contribution in [0.15, 0.2) is 36.8 Å². The first kappa shape index (κ1) is 19.5. The topological polar surface area (TPSA) is 104 Å². The number of hydrogen-bond donors (Lipinski definition) is 4. The van der Waals surface area contributed by atoms with Crippen molar-refractivity contribution in [2.24, 2.45) is 0 Å². The average molecular weight is 422 g/mol. The molecule has 1 saturated heterocycles. The monoisotopic (exact) mass is 422 g/mol. The number of fused-ring (bicyclic) bond motifs is 2. The van der Waals surface area contributed by atoms with Crippen molar-refractivity contribution in [2.75, 3.05) is 32.1 Å². The lowest BCUT2D eigenvalue weighted by Crippen LogP contribution is -2.52. The van der Waals surface area contributed by atoms with Gasteiger partial charge in [-0.3, -0.25) is 4.79 Å². The van der Waals surface area contributed by atoms with Gasteiger partial charge in [0.25, 0.3) is 5.91 Å². The summed E-state index contributed by atoms with van der Waals surface area (Å²) in [7, 11) is 1.41. The molecule has 2 aliphatic rings. The van der Waals surface area contributed by atoms with Crippen LogP contribution in [0.2, 0.25) is 0 Å². The third kappa shape index (κ3) is 3.21. The van der Waals surface area contributed by atoms with Crippen LogP contribution in [-0.2, 0) is 5.41 Å². The Morgan fingerprint density at radius 1 is 1.23 bits per heavy atom. The van der Waals surface area contributed by atoms with Gasteiger partial charge < -0.3 is 25.7 Å². The SMILES string of the molecule is COc1c(F)cccc1Nc1c(-c2ccncn2)[nH]c2c1C(=O)NCC21CCNCC1. The predicted octanol–water partition coefficient (Wildman–Crippen LogP) is 2.73. The van der Waals surface area contributed by atoms with Crippen molar-refractivity contribution < 1.29 is 13.9 Å². The molecule has 4 heterocycles. The van der Waals surface area contributed by atoms with E-state index < -0.39 is 5.82 Å². The molecule has 8 nitrogen and oxygen atoms in total. The molecular formula is C22H23FN6O2. The third-order valence-corrected chi connectivity index (χ3v) is 6.17. The summed E-state index contributed by atoms with van der Waals surface area (Å²) in [6, 6.07) is 6.42. The summed E-state index contributed by atoms with van der Waals surface area (Å²) in [6.07, 6.45) is 4.90. The standard InChI is InChI=1S/C22H23FN6O2/c1-31-19-13(23)3-2-4-15(19)28-18-16-20(29-17(18)14-5-8-25-12-27-14)22(11-26-21(16)30)6-9-24-10-7-22/h2-5,8,12,24,28-29H,6-7,9-11H2,1H3,(H,26,30). The highest BCUT2D eigenvalue weighted by Crippen LogP contribution is 2.45. The smallest absolute Gasteiger partial charge is 0.255 e. The van der Waals surface area contributed by atoms with Crippen LogP contribution in [0.4, 0.5) is 15.8 Å². The molecule has 0 radical (unpaired) electrons. The number of nitrogens with zero attached hydrogens (tertiary/aromatic N) is 2. The number of nitrogens with one attached hydrogen (secondary N) is 4. The number of carbonyl (C=O) groups excluding carboxylic acids is 1. The van der Waals surface area contributed by atoms with Crippen molar-refractivity contribution in [3.63, 3.8) is 0 Å². The summed E-state index contributed by atoms with van der Waals surface area (Å²) >= 11 is 0. The van der Waals surface area contributed by atoms with Crippen LogP contribution in [0.3, 0.4) is 0 Å². The number of anilines is 2. The Morgan fingerprint density at radius 3 is 2.81 bits per heavy atom. The molecule has 1 aromatic carbocycles. The number of piperidine rings is 1. The molecule has 1 fully saturated rings. The second-order valence-electron chi connectivity index (χ2n) is 7.88. The summed E-state index contributed by atoms with van der Waals surface area (Å²) in [5.74, 6) is -0.577. The maximum absolute atomic E-state index is 14.3. The van der Waals surface area contributed by atoms with Crippen molar-refractivity contribution in [1.82, 2.24) is 25.6 Å². The van der Waals surface area contributed by atoms with Gasteiger partial charge in [-0.15, -0.1) is 0 Å². The summed E-state index contributed by atoms with van der Waals surface area (Å²) in [6.45, 7) is 2.32. The maximum atomic E-state index is 14.3. The minimum Gasteiger partial charge on any atom is -0.492 e. The van der Waals surface area contributed by atoms with Crippen molar-refractivity contribution in [2.45, 2.75) is 18.3 Å². The quantitative estimate of drug-likeness (QED) is 0.516. The van der Waals surface area contributed by atoms with Gasteiger partial charge in [-0.2, -0.15) is 0 Å². The van der Waals surface area contributed by atoms with Gasteiger partial charge >= 0.3 is 0 Å². The number of rotatable bonds is 4. The number of hydrogen-bond acceptors (Lipinski definition) is 6. The van der Waals surface area contributed by atoms with Crippen molar-refractivity contribution in [3.8, 4) is 17.1 Å². The van der Waals surface area contributed by atoms with E-state index in [-0.39, 0.29) is 17.1 Å². The molecule has 1 spiro atoms. The fraction of sp³-hybridized carbons (Fsp3) is 0.318. The molecule has 0 aliphatic carbocycles. The van der Waals surface area contributed by atoms with Crippen molar-refractivity contribution in [3.05, 3.63) is 53.9 Å². The number of benzene rings is 1. The molecule has 160 valence electrons. The van der Waals surface area contributed by atoms with Gasteiger partial charge in [0.2, 0.25) is 0 Å². The zero-order chi connectivity index (χ0) is 21.4. The zero-order valence-corrected chi connectivity index (χ0v) is 17.1. The molecule has 0 saturated carbocycles. The van der Waals surface area contributed by atoms with Crippen LogP contribution in [0.25, 0.3) is 11.4 Å². The fourth-order valence-corrected chi connectivity index (χ4v) is 4.59. The van der Waals surface area contributed by atoms with Crippen molar-refractivity contribution >= 4 is 17.3 Å². The Hall–Kier alpha value is -3.46. The molecular weight excluding hydrogens is 399 g/mol. The molecule has 2 aromatic heterocycles. The first-order valence-electron chi connectivity index (χ1n) is 10.2. The van der Waals surface area contributed by atoms with E-state index in [0.717, 1.165) is 31.6 Å². The number of carbonyl (C=O) groups is 1. The maximum Gasteiger partial charge on any atom is 0.255 e. The van der Waals surface area contributed by atoms with Gasteiger partial charge in [0, 0.05) is 23.9 Å². The number of aromatic nitrogens is 3. The van der Waals surface area contributed by atoms with E-state index in [1.165, 1.54) is 19.5 Å². The Labute approximate surface area is 178 Å². The zero-order valence-electron chi connectivity index (χ0n) is 17.1. The van der Waals surface area contributed by atoms with Gasteiger partial charge in [-0.1, -0.05) is 6.07 Å². The minimum absolute atomic E-state index is 0.0823. The number of ether oxygens (including phenoxy) is 1. The van der Waals surface area contributed by atoms with Gasteiger partial charge in [-0.05, 0) is 44.1 Å². The van der Waals surface area contributed by atoms with E-state index >= 15 is 0 Å². The lowest BCUT2D eigenvalue weighted by atomic mass is 9.73. The number of H-pyrrole nitrogens is 1. The Balaban J connectivity index is 1.72. The number of halogens is 1. The minimum atomic E-state index is -0.486. The highest BCUT2D eigenvalue weighted by Gasteiger charge is 2.44. The summed E-state index contributed by atoms with van der Waals surface area (Å²) in [5.41, 5.74) is 3.51. The first-order chi connectivity index (χ1) is 15.1.